The Morgan fingerprint density at radius 3 is 2.67 bits per heavy atom. The maximum Gasteiger partial charge on any atom is 0.291 e. The fraction of sp³-hybridized carbons (Fsp3) is 0.417. The Kier molecular flexibility index (Phi) is 5.63. The molecule has 9 heteroatoms. The molecule has 0 saturated heterocycles. The Balaban J connectivity index is 3.28. The van der Waals surface area contributed by atoms with Crippen LogP contribution in [0.5, 0.6) is 0 Å². The molecule has 114 valence electrons. The van der Waals surface area contributed by atoms with Crippen molar-refractivity contribution in [2.45, 2.75) is 18.2 Å². The number of nitro groups is 1. The summed E-state index contributed by atoms with van der Waals surface area (Å²) >= 11 is 0. The van der Waals surface area contributed by atoms with E-state index in [1.54, 1.807) is 0 Å². The highest BCUT2D eigenvalue weighted by Crippen LogP contribution is 2.29. The average molecular weight is 312 g/mol. The summed E-state index contributed by atoms with van der Waals surface area (Å²) in [6, 6.07) is 5.70. The van der Waals surface area contributed by atoms with Gasteiger partial charge in [0, 0.05) is 38.3 Å². The number of anilines is 1. The third kappa shape index (κ3) is 3.90. The van der Waals surface area contributed by atoms with E-state index in [2.05, 4.69) is 5.32 Å². The maximum atomic E-state index is 12.3. The van der Waals surface area contributed by atoms with E-state index < -0.39 is 20.6 Å². The molecule has 0 radical (unpaired) electrons. The van der Waals surface area contributed by atoms with Crippen LogP contribution in [-0.4, -0.2) is 37.8 Å². The predicted octanol–water partition coefficient (Wildman–Crippen LogP) is 1.56. The quantitative estimate of drug-likeness (QED) is 0.603. The molecule has 1 rings (SSSR count). The molecule has 0 unspecified atom stereocenters. The number of nitrogens with zero attached hydrogens (tertiary/aromatic N) is 3. The van der Waals surface area contributed by atoms with Crippen molar-refractivity contribution in [3.05, 3.63) is 28.3 Å². The van der Waals surface area contributed by atoms with Gasteiger partial charge in [-0.05, 0) is 19.1 Å². The number of hydrogen-bond donors (Lipinski definition) is 1. The molecular weight excluding hydrogens is 296 g/mol. The monoisotopic (exact) mass is 312 g/mol. The Labute approximate surface area is 123 Å². The minimum Gasteiger partial charge on any atom is -0.385 e. The Bertz CT molecular complexity index is 666. The van der Waals surface area contributed by atoms with Crippen LogP contribution in [0.25, 0.3) is 0 Å². The molecule has 1 aromatic carbocycles. The number of nitro benzene ring substituents is 1. The molecular formula is C12H16N4O4S. The molecule has 0 amide bonds. The summed E-state index contributed by atoms with van der Waals surface area (Å²) in [5.41, 5.74) is -0.0138. The summed E-state index contributed by atoms with van der Waals surface area (Å²) in [5.74, 6) is 0. The first kappa shape index (κ1) is 16.9. The molecule has 21 heavy (non-hydrogen) atoms. The summed E-state index contributed by atoms with van der Waals surface area (Å²) < 4.78 is 25.6. The SMILES string of the molecule is CCNc1ccc(S(=O)(=O)N(C)CCC#N)c([N+](=O)[O-])c1. The average Bonchev–Trinajstić information content (AvgIpc) is 2.44. The van der Waals surface area contributed by atoms with Crippen molar-refractivity contribution in [1.82, 2.24) is 4.31 Å². The normalized spacial score (nSPS) is 11.1. The molecule has 8 nitrogen and oxygen atoms in total. The standard InChI is InChI=1S/C12H16N4O4S/c1-3-14-10-5-6-12(11(9-10)16(17)18)21(19,20)15(2)8-4-7-13/h5-6,9,14H,3-4,8H2,1-2H3. The maximum absolute atomic E-state index is 12.3. The first-order valence-electron chi connectivity index (χ1n) is 6.20. The third-order valence-electron chi connectivity index (χ3n) is 2.76. The lowest BCUT2D eigenvalue weighted by molar-refractivity contribution is -0.387. The van der Waals surface area contributed by atoms with Crippen LogP contribution in [0, 0.1) is 21.4 Å². The van der Waals surface area contributed by atoms with Gasteiger partial charge >= 0.3 is 0 Å². The Morgan fingerprint density at radius 2 is 2.14 bits per heavy atom. The van der Waals surface area contributed by atoms with E-state index >= 15 is 0 Å². The topological polar surface area (TPSA) is 116 Å². The van der Waals surface area contributed by atoms with Gasteiger partial charge in [-0.15, -0.1) is 0 Å². The van der Waals surface area contributed by atoms with Crippen molar-refractivity contribution in [2.75, 3.05) is 25.5 Å². The highest BCUT2D eigenvalue weighted by molar-refractivity contribution is 7.89. The smallest absolute Gasteiger partial charge is 0.291 e. The minimum atomic E-state index is -4.01. The van der Waals surface area contributed by atoms with Crippen molar-refractivity contribution in [2.24, 2.45) is 0 Å². The van der Waals surface area contributed by atoms with Crippen LogP contribution < -0.4 is 5.32 Å². The van der Waals surface area contributed by atoms with Gasteiger partial charge in [-0.1, -0.05) is 0 Å². The second-order valence-electron chi connectivity index (χ2n) is 4.20. The van der Waals surface area contributed by atoms with Crippen molar-refractivity contribution in [3.8, 4) is 6.07 Å². The fourth-order valence-corrected chi connectivity index (χ4v) is 2.99. The molecule has 0 bridgehead atoms. The highest BCUT2D eigenvalue weighted by Gasteiger charge is 2.29. The highest BCUT2D eigenvalue weighted by atomic mass is 32.2. The zero-order valence-electron chi connectivity index (χ0n) is 11.7. The van der Waals surface area contributed by atoms with E-state index in [1.165, 1.54) is 25.2 Å². The van der Waals surface area contributed by atoms with Crippen LogP contribution in [0.4, 0.5) is 11.4 Å². The van der Waals surface area contributed by atoms with Crippen LogP contribution in [-0.2, 0) is 10.0 Å². The summed E-state index contributed by atoms with van der Waals surface area (Å²) in [6.07, 6.45) is 0.0129. The lowest BCUT2D eigenvalue weighted by Gasteiger charge is -2.16. The summed E-state index contributed by atoms with van der Waals surface area (Å²) in [7, 11) is -2.72. The van der Waals surface area contributed by atoms with Crippen LogP contribution in [0.2, 0.25) is 0 Å². The summed E-state index contributed by atoms with van der Waals surface area (Å²) in [4.78, 5) is 9.99. The summed E-state index contributed by atoms with van der Waals surface area (Å²) in [6.45, 7) is 2.36. The first-order chi connectivity index (χ1) is 9.84. The minimum absolute atomic E-state index is 0.0129. The molecule has 0 aliphatic carbocycles. The second kappa shape index (κ2) is 7.01. The molecule has 0 aliphatic rings. The first-order valence-corrected chi connectivity index (χ1v) is 7.64. The molecule has 0 fully saturated rings. The van der Waals surface area contributed by atoms with Crippen molar-refractivity contribution >= 4 is 21.4 Å². The zero-order valence-corrected chi connectivity index (χ0v) is 12.6. The lowest BCUT2D eigenvalue weighted by atomic mass is 10.3. The number of nitriles is 1. The van der Waals surface area contributed by atoms with E-state index in [-0.39, 0.29) is 17.9 Å². The van der Waals surface area contributed by atoms with Gasteiger partial charge in [0.05, 0.1) is 11.0 Å². The fourth-order valence-electron chi connectivity index (χ4n) is 1.69. The molecule has 0 aromatic heterocycles. The van der Waals surface area contributed by atoms with Gasteiger partial charge in [0.1, 0.15) is 0 Å². The van der Waals surface area contributed by atoms with Crippen LogP contribution >= 0.6 is 0 Å². The van der Waals surface area contributed by atoms with Gasteiger partial charge in [-0.25, -0.2) is 8.42 Å². The molecule has 0 atom stereocenters. The van der Waals surface area contributed by atoms with Crippen LogP contribution in [0.15, 0.2) is 23.1 Å². The number of benzene rings is 1. The number of nitrogens with one attached hydrogen (secondary N) is 1. The lowest BCUT2D eigenvalue weighted by Crippen LogP contribution is -2.28. The van der Waals surface area contributed by atoms with E-state index in [0.717, 1.165) is 4.31 Å². The number of sulfonamides is 1. The predicted molar refractivity (Wildman–Crippen MR) is 77.3 cm³/mol. The largest absolute Gasteiger partial charge is 0.385 e. The van der Waals surface area contributed by atoms with E-state index in [9.17, 15) is 18.5 Å². The molecule has 0 aliphatic heterocycles. The van der Waals surface area contributed by atoms with E-state index in [0.29, 0.717) is 12.2 Å². The summed E-state index contributed by atoms with van der Waals surface area (Å²) in [5, 5.41) is 22.5. The zero-order chi connectivity index (χ0) is 16.0. The molecule has 0 heterocycles. The molecule has 0 saturated carbocycles. The van der Waals surface area contributed by atoms with Gasteiger partial charge < -0.3 is 5.32 Å². The Morgan fingerprint density at radius 1 is 1.48 bits per heavy atom. The van der Waals surface area contributed by atoms with Gasteiger partial charge in [-0.2, -0.15) is 9.57 Å². The van der Waals surface area contributed by atoms with Crippen LogP contribution in [0.3, 0.4) is 0 Å². The molecule has 1 aromatic rings. The van der Waals surface area contributed by atoms with Gasteiger partial charge in [0.2, 0.25) is 10.0 Å². The second-order valence-corrected chi connectivity index (χ2v) is 6.22. The molecule has 1 N–H and O–H groups in total. The van der Waals surface area contributed by atoms with E-state index in [4.69, 9.17) is 5.26 Å². The van der Waals surface area contributed by atoms with Gasteiger partial charge in [0.15, 0.2) is 4.90 Å². The van der Waals surface area contributed by atoms with Crippen molar-refractivity contribution < 1.29 is 13.3 Å². The third-order valence-corrected chi connectivity index (χ3v) is 4.67. The van der Waals surface area contributed by atoms with Crippen molar-refractivity contribution in [1.29, 1.82) is 5.26 Å². The molecule has 0 spiro atoms. The van der Waals surface area contributed by atoms with Gasteiger partial charge in [0.25, 0.3) is 5.69 Å². The van der Waals surface area contributed by atoms with Gasteiger partial charge in [-0.3, -0.25) is 10.1 Å². The Hall–Kier alpha value is -2.18. The number of hydrogen-bond acceptors (Lipinski definition) is 6. The number of rotatable bonds is 7. The van der Waals surface area contributed by atoms with Crippen molar-refractivity contribution in [3.63, 3.8) is 0 Å². The van der Waals surface area contributed by atoms with E-state index in [1.807, 2.05) is 13.0 Å². The van der Waals surface area contributed by atoms with Crippen LogP contribution in [0.1, 0.15) is 13.3 Å².